The van der Waals surface area contributed by atoms with Crippen LogP contribution in [0, 0.1) is 0 Å². The molecule has 0 radical (unpaired) electrons. The predicted octanol–water partition coefficient (Wildman–Crippen LogP) is 2.08. The molecule has 0 amide bonds. The maximum absolute atomic E-state index is 4.29. The van der Waals surface area contributed by atoms with Gasteiger partial charge in [-0.25, -0.2) is 4.68 Å². The van der Waals surface area contributed by atoms with Crippen molar-refractivity contribution in [2.75, 3.05) is 46.8 Å². The van der Waals surface area contributed by atoms with Gasteiger partial charge in [0.05, 0.1) is 5.69 Å². The number of hydrogen-bond donors (Lipinski definition) is 0. The number of benzene rings is 1. The number of hydrogen-bond acceptors (Lipinski definition) is 4. The third kappa shape index (κ3) is 3.50. The number of aromatic nitrogens is 2. The molecule has 0 bridgehead atoms. The SMILES string of the molecule is CN1CCN(C)C2(CCN(Cc3ccc(-n4cccn4)cc3)CC2)C1. The van der Waals surface area contributed by atoms with Crippen LogP contribution in [0.5, 0.6) is 0 Å². The van der Waals surface area contributed by atoms with Gasteiger partial charge in [0.15, 0.2) is 0 Å². The average molecular weight is 339 g/mol. The van der Waals surface area contributed by atoms with Crippen LogP contribution in [0.25, 0.3) is 5.69 Å². The Hall–Kier alpha value is -1.69. The van der Waals surface area contributed by atoms with E-state index in [4.69, 9.17) is 0 Å². The standard InChI is InChI=1S/C20H29N5/c1-22-14-15-23(2)20(17-22)8-12-24(13-9-20)16-18-4-6-19(7-5-18)25-11-3-10-21-25/h3-7,10-11H,8-9,12-17H2,1-2H3. The minimum Gasteiger partial charge on any atom is -0.303 e. The summed E-state index contributed by atoms with van der Waals surface area (Å²) in [6.45, 7) is 7.05. The normalized spacial score (nSPS) is 22.5. The molecule has 0 N–H and O–H groups in total. The average Bonchev–Trinajstić information content (AvgIpc) is 3.16. The Bertz CT molecular complexity index is 671. The van der Waals surface area contributed by atoms with Gasteiger partial charge < -0.3 is 4.90 Å². The molecule has 1 aromatic heterocycles. The zero-order valence-corrected chi connectivity index (χ0v) is 15.4. The fourth-order valence-corrected chi connectivity index (χ4v) is 4.36. The van der Waals surface area contributed by atoms with E-state index in [-0.39, 0.29) is 0 Å². The highest BCUT2D eigenvalue weighted by Crippen LogP contribution is 2.31. The van der Waals surface area contributed by atoms with Gasteiger partial charge in [-0.1, -0.05) is 12.1 Å². The van der Waals surface area contributed by atoms with E-state index in [9.17, 15) is 0 Å². The lowest BCUT2D eigenvalue weighted by Crippen LogP contribution is -2.63. The monoisotopic (exact) mass is 339 g/mol. The first-order valence-corrected chi connectivity index (χ1v) is 9.36. The van der Waals surface area contributed by atoms with Crippen LogP contribution in [0.3, 0.4) is 0 Å². The van der Waals surface area contributed by atoms with Crippen LogP contribution in [-0.2, 0) is 6.54 Å². The van der Waals surface area contributed by atoms with Crippen molar-refractivity contribution in [1.29, 1.82) is 0 Å². The smallest absolute Gasteiger partial charge is 0.0645 e. The van der Waals surface area contributed by atoms with E-state index < -0.39 is 0 Å². The molecular weight excluding hydrogens is 310 g/mol. The van der Waals surface area contributed by atoms with Crippen molar-refractivity contribution in [3.05, 3.63) is 48.3 Å². The number of piperidine rings is 1. The fraction of sp³-hybridized carbons (Fsp3) is 0.550. The van der Waals surface area contributed by atoms with Gasteiger partial charge in [-0.15, -0.1) is 0 Å². The molecule has 134 valence electrons. The summed E-state index contributed by atoms with van der Waals surface area (Å²) in [6, 6.07) is 10.8. The largest absolute Gasteiger partial charge is 0.303 e. The number of nitrogens with zero attached hydrogens (tertiary/aromatic N) is 5. The second-order valence-electron chi connectivity index (χ2n) is 7.78. The number of likely N-dealkylation sites (N-methyl/N-ethyl adjacent to an activating group) is 2. The van der Waals surface area contributed by atoms with Crippen LogP contribution in [0.15, 0.2) is 42.7 Å². The van der Waals surface area contributed by atoms with E-state index in [1.165, 1.54) is 51.1 Å². The molecule has 3 heterocycles. The molecule has 1 spiro atoms. The predicted molar refractivity (Wildman–Crippen MR) is 101 cm³/mol. The Labute approximate surface area is 150 Å². The van der Waals surface area contributed by atoms with E-state index in [1.807, 2.05) is 23.1 Å². The van der Waals surface area contributed by atoms with E-state index in [0.29, 0.717) is 5.54 Å². The molecule has 2 aliphatic heterocycles. The lowest BCUT2D eigenvalue weighted by atomic mass is 9.83. The summed E-state index contributed by atoms with van der Waals surface area (Å²) in [6.07, 6.45) is 6.35. The zero-order valence-electron chi connectivity index (χ0n) is 15.4. The summed E-state index contributed by atoms with van der Waals surface area (Å²) in [5, 5.41) is 4.29. The Morgan fingerprint density at radius 2 is 1.76 bits per heavy atom. The van der Waals surface area contributed by atoms with Crippen LogP contribution in [0.1, 0.15) is 18.4 Å². The second kappa shape index (κ2) is 6.90. The highest BCUT2D eigenvalue weighted by Gasteiger charge is 2.41. The van der Waals surface area contributed by atoms with Gasteiger partial charge in [-0.05, 0) is 50.7 Å². The topological polar surface area (TPSA) is 27.5 Å². The Morgan fingerprint density at radius 3 is 2.44 bits per heavy atom. The highest BCUT2D eigenvalue weighted by atomic mass is 15.3. The third-order valence-corrected chi connectivity index (χ3v) is 6.09. The fourth-order valence-electron chi connectivity index (χ4n) is 4.36. The van der Waals surface area contributed by atoms with E-state index in [1.54, 1.807) is 0 Å². The second-order valence-corrected chi connectivity index (χ2v) is 7.78. The molecule has 5 heteroatoms. The molecule has 2 aliphatic rings. The van der Waals surface area contributed by atoms with Crippen molar-refractivity contribution in [3.63, 3.8) is 0 Å². The number of likely N-dealkylation sites (tertiary alicyclic amines) is 1. The van der Waals surface area contributed by atoms with Gasteiger partial charge in [0.25, 0.3) is 0 Å². The zero-order chi connectivity index (χ0) is 17.3. The van der Waals surface area contributed by atoms with Crippen molar-refractivity contribution >= 4 is 0 Å². The van der Waals surface area contributed by atoms with Gasteiger partial charge >= 0.3 is 0 Å². The number of rotatable bonds is 3. The van der Waals surface area contributed by atoms with Gasteiger partial charge in [-0.2, -0.15) is 5.10 Å². The number of piperazine rings is 1. The molecule has 4 rings (SSSR count). The highest BCUT2D eigenvalue weighted by molar-refractivity contribution is 5.33. The van der Waals surface area contributed by atoms with Gasteiger partial charge in [-0.3, -0.25) is 9.80 Å². The van der Waals surface area contributed by atoms with E-state index >= 15 is 0 Å². The van der Waals surface area contributed by atoms with Gasteiger partial charge in [0, 0.05) is 57.2 Å². The molecule has 2 aromatic rings. The van der Waals surface area contributed by atoms with Gasteiger partial charge in [0.2, 0.25) is 0 Å². The van der Waals surface area contributed by atoms with Crippen LogP contribution >= 0.6 is 0 Å². The molecule has 1 aromatic carbocycles. The van der Waals surface area contributed by atoms with Crippen molar-refractivity contribution in [2.45, 2.75) is 24.9 Å². The summed E-state index contributed by atoms with van der Waals surface area (Å²) in [7, 11) is 4.58. The molecule has 2 fully saturated rings. The molecule has 0 unspecified atom stereocenters. The Kier molecular flexibility index (Phi) is 4.63. The van der Waals surface area contributed by atoms with Gasteiger partial charge in [0.1, 0.15) is 0 Å². The first-order chi connectivity index (χ1) is 12.1. The molecule has 0 aliphatic carbocycles. The van der Waals surface area contributed by atoms with Crippen LogP contribution in [0.4, 0.5) is 0 Å². The lowest BCUT2D eigenvalue weighted by molar-refractivity contribution is -0.0205. The minimum absolute atomic E-state index is 0.396. The van der Waals surface area contributed by atoms with Crippen molar-refractivity contribution in [3.8, 4) is 5.69 Å². The summed E-state index contributed by atoms with van der Waals surface area (Å²) < 4.78 is 1.91. The van der Waals surface area contributed by atoms with Crippen molar-refractivity contribution in [1.82, 2.24) is 24.5 Å². The Balaban J connectivity index is 1.35. The third-order valence-electron chi connectivity index (χ3n) is 6.09. The molecule has 5 nitrogen and oxygen atoms in total. The van der Waals surface area contributed by atoms with E-state index in [0.717, 1.165) is 12.2 Å². The van der Waals surface area contributed by atoms with E-state index in [2.05, 4.69) is 58.2 Å². The lowest BCUT2D eigenvalue weighted by Gasteiger charge is -2.52. The summed E-state index contributed by atoms with van der Waals surface area (Å²) >= 11 is 0. The van der Waals surface area contributed by atoms with Crippen LogP contribution < -0.4 is 0 Å². The first-order valence-electron chi connectivity index (χ1n) is 9.36. The van der Waals surface area contributed by atoms with Crippen molar-refractivity contribution < 1.29 is 0 Å². The first kappa shape index (κ1) is 16.8. The minimum atomic E-state index is 0.396. The summed E-state index contributed by atoms with van der Waals surface area (Å²) in [4.78, 5) is 7.73. The van der Waals surface area contributed by atoms with Crippen LogP contribution in [-0.4, -0.2) is 76.8 Å². The maximum atomic E-state index is 4.29. The quantitative estimate of drug-likeness (QED) is 0.856. The van der Waals surface area contributed by atoms with Crippen molar-refractivity contribution in [2.24, 2.45) is 0 Å². The molecule has 0 atom stereocenters. The molecular formula is C20H29N5. The Morgan fingerprint density at radius 1 is 1.00 bits per heavy atom. The molecule has 25 heavy (non-hydrogen) atoms. The summed E-state index contributed by atoms with van der Waals surface area (Å²) in [5.74, 6) is 0. The summed E-state index contributed by atoms with van der Waals surface area (Å²) in [5.41, 5.74) is 2.91. The maximum Gasteiger partial charge on any atom is 0.0645 e. The van der Waals surface area contributed by atoms with Crippen LogP contribution in [0.2, 0.25) is 0 Å². The molecule has 0 saturated carbocycles. The molecule has 2 saturated heterocycles.